The van der Waals surface area contributed by atoms with Gasteiger partial charge in [0.15, 0.2) is 0 Å². The Labute approximate surface area is 117 Å². The van der Waals surface area contributed by atoms with E-state index in [0.717, 1.165) is 23.5 Å². The van der Waals surface area contributed by atoms with Crippen molar-refractivity contribution in [3.63, 3.8) is 0 Å². The molecule has 2 nitrogen and oxygen atoms in total. The average Bonchev–Trinajstić information content (AvgIpc) is 2.30. The zero-order valence-corrected chi connectivity index (χ0v) is 12.1. The van der Waals surface area contributed by atoms with Crippen LogP contribution in [0.25, 0.3) is 0 Å². The molecule has 0 heterocycles. The molecule has 1 rings (SSSR count). The second-order valence-electron chi connectivity index (χ2n) is 3.41. The highest BCUT2D eigenvalue weighted by Gasteiger charge is 2.04. The third-order valence-corrected chi connectivity index (χ3v) is 3.63. The maximum absolute atomic E-state index is 6.07. The summed E-state index contributed by atoms with van der Waals surface area (Å²) >= 11 is 12.9. The molecule has 0 radical (unpaired) electrons. The average molecular weight is 290 g/mol. The lowest BCUT2D eigenvalue weighted by atomic mass is 10.2. The summed E-state index contributed by atoms with van der Waals surface area (Å²) in [6.45, 7) is 2.83. The van der Waals surface area contributed by atoms with Gasteiger partial charge in [0, 0.05) is 5.56 Å². The van der Waals surface area contributed by atoms with Crippen molar-refractivity contribution in [3.8, 4) is 5.75 Å². The van der Waals surface area contributed by atoms with Crippen LogP contribution in [0.15, 0.2) is 18.2 Å². The predicted octanol–water partition coefficient (Wildman–Crippen LogP) is 3.50. The molecule has 0 aliphatic heterocycles. The summed E-state index contributed by atoms with van der Waals surface area (Å²) in [5.41, 5.74) is 6.28. The SMILES string of the molecule is CCSCCCOc1ccc(C(N)=S)cc1Cl. The van der Waals surface area contributed by atoms with Crippen LogP contribution in [-0.4, -0.2) is 23.1 Å². The predicted molar refractivity (Wildman–Crippen MR) is 80.5 cm³/mol. The van der Waals surface area contributed by atoms with E-state index in [2.05, 4.69) is 6.92 Å². The smallest absolute Gasteiger partial charge is 0.137 e. The van der Waals surface area contributed by atoms with Crippen molar-refractivity contribution in [2.75, 3.05) is 18.1 Å². The van der Waals surface area contributed by atoms with E-state index in [1.54, 1.807) is 6.07 Å². The topological polar surface area (TPSA) is 35.2 Å². The molecule has 94 valence electrons. The second kappa shape index (κ2) is 7.80. The number of thioether (sulfide) groups is 1. The number of halogens is 1. The molecule has 0 aliphatic rings. The third kappa shape index (κ3) is 5.15. The normalized spacial score (nSPS) is 10.2. The van der Waals surface area contributed by atoms with E-state index >= 15 is 0 Å². The molecule has 0 atom stereocenters. The van der Waals surface area contributed by atoms with Crippen LogP contribution >= 0.6 is 35.6 Å². The Morgan fingerprint density at radius 2 is 2.29 bits per heavy atom. The fraction of sp³-hybridized carbons (Fsp3) is 0.417. The van der Waals surface area contributed by atoms with Gasteiger partial charge >= 0.3 is 0 Å². The van der Waals surface area contributed by atoms with Crippen molar-refractivity contribution in [1.82, 2.24) is 0 Å². The van der Waals surface area contributed by atoms with Crippen molar-refractivity contribution < 1.29 is 4.74 Å². The first kappa shape index (κ1) is 14.6. The highest BCUT2D eigenvalue weighted by molar-refractivity contribution is 7.99. The van der Waals surface area contributed by atoms with Crippen LogP contribution in [-0.2, 0) is 0 Å². The van der Waals surface area contributed by atoms with Crippen LogP contribution in [0.4, 0.5) is 0 Å². The number of hydrogen-bond donors (Lipinski definition) is 1. The Kier molecular flexibility index (Phi) is 6.70. The lowest BCUT2D eigenvalue weighted by Crippen LogP contribution is -2.09. The number of thiocarbonyl (C=S) groups is 1. The van der Waals surface area contributed by atoms with Gasteiger partial charge in [-0.15, -0.1) is 0 Å². The van der Waals surface area contributed by atoms with E-state index in [9.17, 15) is 0 Å². The van der Waals surface area contributed by atoms with Crippen molar-refractivity contribution in [1.29, 1.82) is 0 Å². The Balaban J connectivity index is 2.46. The van der Waals surface area contributed by atoms with Gasteiger partial charge in [-0.2, -0.15) is 11.8 Å². The Morgan fingerprint density at radius 3 is 2.88 bits per heavy atom. The number of benzene rings is 1. The van der Waals surface area contributed by atoms with Crippen LogP contribution in [0.2, 0.25) is 5.02 Å². The Morgan fingerprint density at radius 1 is 1.53 bits per heavy atom. The summed E-state index contributed by atoms with van der Waals surface area (Å²) in [5.74, 6) is 2.94. The molecule has 17 heavy (non-hydrogen) atoms. The van der Waals surface area contributed by atoms with E-state index in [-0.39, 0.29) is 0 Å². The molecule has 2 N–H and O–H groups in total. The molecule has 0 spiro atoms. The minimum absolute atomic E-state index is 0.345. The fourth-order valence-corrected chi connectivity index (χ4v) is 2.23. The molecule has 1 aromatic rings. The van der Waals surface area contributed by atoms with Crippen LogP contribution < -0.4 is 10.5 Å². The Hall–Kier alpha value is -0.450. The first-order chi connectivity index (χ1) is 8.15. The number of hydrogen-bond acceptors (Lipinski definition) is 3. The van der Waals surface area contributed by atoms with Gasteiger partial charge in [0.1, 0.15) is 10.7 Å². The standard InChI is InChI=1S/C12H16ClNOS2/c1-2-17-7-3-6-15-11-5-4-9(12(14)16)8-10(11)13/h4-5,8H,2-3,6-7H2,1H3,(H2,14,16). The van der Waals surface area contributed by atoms with Gasteiger partial charge in [-0.1, -0.05) is 30.7 Å². The largest absolute Gasteiger partial charge is 0.492 e. The summed E-state index contributed by atoms with van der Waals surface area (Å²) in [4.78, 5) is 0.345. The second-order valence-corrected chi connectivity index (χ2v) is 5.65. The maximum atomic E-state index is 6.07. The van der Waals surface area contributed by atoms with E-state index in [1.165, 1.54) is 0 Å². The fourth-order valence-electron chi connectivity index (χ4n) is 1.26. The van der Waals surface area contributed by atoms with E-state index < -0.39 is 0 Å². The monoisotopic (exact) mass is 289 g/mol. The highest BCUT2D eigenvalue weighted by Crippen LogP contribution is 2.25. The Bertz CT molecular complexity index is 385. The van der Waals surface area contributed by atoms with E-state index in [4.69, 9.17) is 34.3 Å². The minimum atomic E-state index is 0.345. The van der Waals surface area contributed by atoms with Crippen molar-refractivity contribution >= 4 is 40.6 Å². The first-order valence-corrected chi connectivity index (χ1v) is 7.39. The summed E-state index contributed by atoms with van der Waals surface area (Å²) < 4.78 is 5.59. The molecular formula is C12H16ClNOS2. The number of ether oxygens (including phenoxy) is 1. The van der Waals surface area contributed by atoms with E-state index in [1.807, 2.05) is 23.9 Å². The molecule has 0 saturated carbocycles. The lowest BCUT2D eigenvalue weighted by molar-refractivity contribution is 0.319. The summed E-state index contributed by atoms with van der Waals surface area (Å²) in [5, 5.41) is 0.554. The van der Waals surface area contributed by atoms with Gasteiger partial charge in [-0.25, -0.2) is 0 Å². The van der Waals surface area contributed by atoms with Gasteiger partial charge in [0.05, 0.1) is 11.6 Å². The molecule has 0 aliphatic carbocycles. The van der Waals surface area contributed by atoms with Gasteiger partial charge in [-0.3, -0.25) is 0 Å². The minimum Gasteiger partial charge on any atom is -0.492 e. The molecule has 1 aromatic carbocycles. The number of rotatable bonds is 7. The van der Waals surface area contributed by atoms with Crippen LogP contribution in [0.5, 0.6) is 5.75 Å². The zero-order chi connectivity index (χ0) is 12.7. The lowest BCUT2D eigenvalue weighted by Gasteiger charge is -2.08. The third-order valence-electron chi connectivity index (χ3n) is 2.11. The van der Waals surface area contributed by atoms with Crippen LogP contribution in [0, 0.1) is 0 Å². The first-order valence-electron chi connectivity index (χ1n) is 5.45. The van der Waals surface area contributed by atoms with Gasteiger partial charge < -0.3 is 10.5 Å². The molecule has 0 amide bonds. The quantitative estimate of drug-likeness (QED) is 0.615. The van der Waals surface area contributed by atoms with Crippen LogP contribution in [0.1, 0.15) is 18.9 Å². The molecule has 0 unspecified atom stereocenters. The summed E-state index contributed by atoms with van der Waals surface area (Å²) in [6.07, 6.45) is 1.02. The molecule has 0 fully saturated rings. The number of nitrogens with two attached hydrogens (primary N) is 1. The van der Waals surface area contributed by atoms with Crippen molar-refractivity contribution in [2.45, 2.75) is 13.3 Å². The van der Waals surface area contributed by atoms with E-state index in [0.29, 0.717) is 22.4 Å². The van der Waals surface area contributed by atoms with Crippen LogP contribution in [0.3, 0.4) is 0 Å². The highest BCUT2D eigenvalue weighted by atomic mass is 35.5. The molecule has 0 saturated heterocycles. The van der Waals surface area contributed by atoms with Gasteiger partial charge in [0.25, 0.3) is 0 Å². The zero-order valence-electron chi connectivity index (χ0n) is 9.74. The van der Waals surface area contributed by atoms with Crippen molar-refractivity contribution in [2.24, 2.45) is 5.73 Å². The maximum Gasteiger partial charge on any atom is 0.137 e. The molecular weight excluding hydrogens is 274 g/mol. The summed E-state index contributed by atoms with van der Waals surface area (Å²) in [6, 6.07) is 5.37. The summed E-state index contributed by atoms with van der Waals surface area (Å²) in [7, 11) is 0. The van der Waals surface area contributed by atoms with Gasteiger partial charge in [-0.05, 0) is 36.1 Å². The van der Waals surface area contributed by atoms with Crippen molar-refractivity contribution in [3.05, 3.63) is 28.8 Å². The molecule has 0 aromatic heterocycles. The van der Waals surface area contributed by atoms with Gasteiger partial charge in [0.2, 0.25) is 0 Å². The molecule has 5 heteroatoms. The molecule has 0 bridgehead atoms.